The van der Waals surface area contributed by atoms with Crippen LogP contribution in [0, 0.1) is 23.7 Å². The Morgan fingerprint density at radius 2 is 1.77 bits per heavy atom. The molecular weight excluding hydrogens is 326 g/mol. The molecule has 4 fully saturated rings. The van der Waals surface area contributed by atoms with Crippen molar-refractivity contribution in [1.29, 1.82) is 0 Å². The van der Waals surface area contributed by atoms with Gasteiger partial charge in [0.05, 0.1) is 13.2 Å². The maximum absolute atomic E-state index is 10.2. The molecule has 4 bridgehead atoms. The number of rotatable bonds is 7. The Kier molecular flexibility index (Phi) is 5.12. The fraction of sp³-hybridized carbons (Fsp3) is 0.636. The van der Waals surface area contributed by atoms with Crippen LogP contribution in [0.3, 0.4) is 0 Å². The molecule has 4 saturated carbocycles. The first-order valence-corrected chi connectivity index (χ1v) is 10.2. The van der Waals surface area contributed by atoms with Crippen LogP contribution in [0.15, 0.2) is 23.8 Å². The minimum Gasteiger partial charge on any atom is -0.508 e. The number of aromatic hydroxyl groups is 1. The summed E-state index contributed by atoms with van der Waals surface area (Å²) >= 11 is 0. The average Bonchev–Trinajstić information content (AvgIpc) is 2.60. The van der Waals surface area contributed by atoms with Gasteiger partial charge in [0.1, 0.15) is 17.3 Å². The second-order valence-corrected chi connectivity index (χ2v) is 8.23. The number of phenols is 1. The zero-order valence-corrected chi connectivity index (χ0v) is 15.7. The molecule has 26 heavy (non-hydrogen) atoms. The topological polar surface area (TPSA) is 64.7 Å². The number of hydrogen-bond donors (Lipinski definition) is 2. The lowest BCUT2D eigenvalue weighted by atomic mass is 9.54. The number of ether oxygens (including phenoxy) is 2. The summed E-state index contributed by atoms with van der Waals surface area (Å²) in [7, 11) is 0. The van der Waals surface area contributed by atoms with Crippen LogP contribution in [0.2, 0.25) is 0 Å². The van der Waals surface area contributed by atoms with Crippen molar-refractivity contribution in [3.05, 3.63) is 29.3 Å². The Bertz CT molecular complexity index is 652. The highest BCUT2D eigenvalue weighted by atomic mass is 16.5. The van der Waals surface area contributed by atoms with Crippen molar-refractivity contribution < 1.29 is 14.6 Å². The van der Waals surface area contributed by atoms with Gasteiger partial charge in [0.2, 0.25) is 0 Å². The van der Waals surface area contributed by atoms with Gasteiger partial charge < -0.3 is 20.3 Å². The van der Waals surface area contributed by atoms with E-state index in [4.69, 9.17) is 15.2 Å². The average molecular weight is 357 g/mol. The highest BCUT2D eigenvalue weighted by Crippen LogP contribution is 2.58. The summed E-state index contributed by atoms with van der Waals surface area (Å²) in [5.74, 6) is 5.09. The van der Waals surface area contributed by atoms with Crippen molar-refractivity contribution >= 4 is 5.76 Å². The molecule has 0 heterocycles. The summed E-state index contributed by atoms with van der Waals surface area (Å²) in [5, 5.41) is 10.2. The summed E-state index contributed by atoms with van der Waals surface area (Å²) in [4.78, 5) is 0. The minimum absolute atomic E-state index is 0.229. The number of phenolic OH excluding ortho intramolecular Hbond substituents is 1. The molecule has 142 valence electrons. The molecule has 0 spiro atoms. The van der Waals surface area contributed by atoms with Crippen LogP contribution in [0.1, 0.15) is 51.0 Å². The first kappa shape index (κ1) is 17.7. The molecule has 0 aliphatic heterocycles. The van der Waals surface area contributed by atoms with E-state index in [-0.39, 0.29) is 5.75 Å². The van der Waals surface area contributed by atoms with Crippen LogP contribution in [0.4, 0.5) is 0 Å². The first-order chi connectivity index (χ1) is 12.7. The van der Waals surface area contributed by atoms with Crippen LogP contribution in [0.5, 0.6) is 11.5 Å². The molecule has 4 heteroatoms. The van der Waals surface area contributed by atoms with Crippen molar-refractivity contribution in [3.63, 3.8) is 0 Å². The fourth-order valence-corrected chi connectivity index (χ4v) is 5.61. The van der Waals surface area contributed by atoms with E-state index in [0.717, 1.165) is 29.6 Å². The highest BCUT2D eigenvalue weighted by molar-refractivity contribution is 5.67. The Morgan fingerprint density at radius 3 is 2.38 bits per heavy atom. The second-order valence-electron chi connectivity index (χ2n) is 8.23. The predicted octanol–water partition coefficient (Wildman–Crippen LogP) is 4.32. The normalized spacial score (nSPS) is 29.1. The molecule has 1 aromatic rings. The van der Waals surface area contributed by atoms with Gasteiger partial charge in [0.25, 0.3) is 0 Å². The summed E-state index contributed by atoms with van der Waals surface area (Å²) in [6.07, 6.45) is 7.51. The number of hydrogen-bond acceptors (Lipinski definition) is 4. The third-order valence-electron chi connectivity index (χ3n) is 6.34. The van der Waals surface area contributed by atoms with Gasteiger partial charge in [-0.15, -0.1) is 0 Å². The van der Waals surface area contributed by atoms with Crippen LogP contribution in [-0.4, -0.2) is 24.9 Å². The van der Waals surface area contributed by atoms with Gasteiger partial charge in [-0.3, -0.25) is 0 Å². The Labute approximate surface area is 156 Å². The number of allylic oxidation sites excluding steroid dienone is 1. The monoisotopic (exact) mass is 357 g/mol. The highest BCUT2D eigenvalue weighted by Gasteiger charge is 2.46. The number of nitrogens with two attached hydrogens (primary N) is 1. The lowest BCUT2D eigenvalue weighted by molar-refractivity contribution is 0.0668. The Balaban J connectivity index is 1.68. The standard InChI is InChI=1S/C22H31NO3/c1-2-25-22(18-11-19(24)13-20(12-18)26-5-3-4-23)21-16-7-14-6-15(9-16)10-17(21)8-14/h11-17,24H,2-10,23H2,1H3. The van der Waals surface area contributed by atoms with Crippen LogP contribution >= 0.6 is 0 Å². The molecule has 1 aromatic carbocycles. The fourth-order valence-electron chi connectivity index (χ4n) is 5.61. The molecule has 4 aliphatic carbocycles. The van der Waals surface area contributed by atoms with E-state index in [1.807, 2.05) is 19.1 Å². The summed E-state index contributed by atoms with van der Waals surface area (Å²) in [6, 6.07) is 5.50. The molecule has 4 nitrogen and oxygen atoms in total. The van der Waals surface area contributed by atoms with Gasteiger partial charge in [0.15, 0.2) is 0 Å². The predicted molar refractivity (Wildman–Crippen MR) is 103 cm³/mol. The molecule has 0 amide bonds. The van der Waals surface area contributed by atoms with Gasteiger partial charge in [-0.25, -0.2) is 0 Å². The smallest absolute Gasteiger partial charge is 0.126 e. The molecule has 3 N–H and O–H groups in total. The van der Waals surface area contributed by atoms with Crippen molar-refractivity contribution in [2.45, 2.75) is 45.4 Å². The zero-order valence-electron chi connectivity index (χ0n) is 15.7. The van der Waals surface area contributed by atoms with Crippen molar-refractivity contribution in [2.75, 3.05) is 19.8 Å². The Morgan fingerprint density at radius 1 is 1.08 bits per heavy atom. The zero-order chi connectivity index (χ0) is 18.1. The van der Waals surface area contributed by atoms with Gasteiger partial charge in [-0.05, 0) is 93.4 Å². The molecular formula is C22H31NO3. The van der Waals surface area contributed by atoms with E-state index < -0.39 is 0 Å². The SMILES string of the molecule is CCOC(=C1C2CC3CC(C2)CC1C3)c1cc(O)cc(OCCCN)c1. The molecule has 0 aromatic heterocycles. The molecule has 0 radical (unpaired) electrons. The molecule has 5 rings (SSSR count). The minimum atomic E-state index is 0.229. The van der Waals surface area contributed by atoms with Gasteiger partial charge in [-0.2, -0.15) is 0 Å². The van der Waals surface area contributed by atoms with Crippen molar-refractivity contribution in [3.8, 4) is 11.5 Å². The summed E-state index contributed by atoms with van der Waals surface area (Å²) < 4.78 is 12.0. The third kappa shape index (κ3) is 3.44. The molecule has 0 saturated heterocycles. The lowest BCUT2D eigenvalue weighted by Gasteiger charge is -2.51. The quantitative estimate of drug-likeness (QED) is 0.563. The van der Waals surface area contributed by atoms with Gasteiger partial charge in [-0.1, -0.05) is 0 Å². The van der Waals surface area contributed by atoms with E-state index in [9.17, 15) is 5.11 Å². The largest absolute Gasteiger partial charge is 0.508 e. The van der Waals surface area contributed by atoms with Crippen molar-refractivity contribution in [1.82, 2.24) is 0 Å². The number of benzene rings is 1. The van der Waals surface area contributed by atoms with Crippen LogP contribution in [0.25, 0.3) is 5.76 Å². The van der Waals surface area contributed by atoms with E-state index in [1.165, 1.54) is 37.7 Å². The van der Waals surface area contributed by atoms with Crippen LogP contribution < -0.4 is 10.5 Å². The van der Waals surface area contributed by atoms with E-state index in [1.54, 1.807) is 6.07 Å². The third-order valence-corrected chi connectivity index (χ3v) is 6.34. The summed E-state index contributed by atoms with van der Waals surface area (Å²) in [5.41, 5.74) is 8.02. The van der Waals surface area contributed by atoms with Crippen LogP contribution in [-0.2, 0) is 4.74 Å². The maximum Gasteiger partial charge on any atom is 0.126 e. The van der Waals surface area contributed by atoms with Gasteiger partial charge in [0, 0.05) is 11.6 Å². The van der Waals surface area contributed by atoms with E-state index >= 15 is 0 Å². The van der Waals surface area contributed by atoms with Crippen molar-refractivity contribution in [2.24, 2.45) is 29.4 Å². The Hall–Kier alpha value is -1.68. The lowest BCUT2D eigenvalue weighted by Crippen LogP contribution is -2.41. The van der Waals surface area contributed by atoms with Gasteiger partial charge >= 0.3 is 0 Å². The molecule has 0 unspecified atom stereocenters. The molecule has 0 atom stereocenters. The first-order valence-electron chi connectivity index (χ1n) is 10.2. The molecule has 4 aliphatic rings. The second kappa shape index (κ2) is 7.51. The maximum atomic E-state index is 10.2. The van der Waals surface area contributed by atoms with E-state index in [0.29, 0.717) is 37.3 Å². The van der Waals surface area contributed by atoms with E-state index in [2.05, 4.69) is 0 Å². The summed E-state index contributed by atoms with van der Waals surface area (Å²) in [6.45, 7) is 3.85.